The number of carbonyl (C=O) groups excluding carboxylic acids is 1. The molecule has 0 aromatic heterocycles. The fraction of sp³-hybridized carbons (Fsp3) is 0.278. The molecule has 0 fully saturated rings. The van der Waals surface area contributed by atoms with Crippen LogP contribution in [0.4, 0.5) is 0 Å². The summed E-state index contributed by atoms with van der Waals surface area (Å²) < 4.78 is 11.5. The zero-order chi connectivity index (χ0) is 17.7. The fourth-order valence-electron chi connectivity index (χ4n) is 2.32. The minimum Gasteiger partial charge on any atom is -0.493 e. The van der Waals surface area contributed by atoms with Gasteiger partial charge >= 0.3 is 0 Å². The molecule has 0 bridgehead atoms. The van der Waals surface area contributed by atoms with Gasteiger partial charge in [0.1, 0.15) is 0 Å². The number of rotatable bonds is 6. The van der Waals surface area contributed by atoms with Gasteiger partial charge in [0, 0.05) is 10.6 Å². The van der Waals surface area contributed by atoms with Crippen LogP contribution in [0.5, 0.6) is 11.5 Å². The van der Waals surface area contributed by atoms with E-state index in [1.807, 2.05) is 32.0 Å². The molecule has 0 spiro atoms. The Morgan fingerprint density at radius 3 is 2.67 bits per heavy atom. The van der Waals surface area contributed by atoms with E-state index in [4.69, 9.17) is 21.1 Å². The Morgan fingerprint density at radius 2 is 2.04 bits per heavy atom. The van der Waals surface area contributed by atoms with Crippen molar-refractivity contribution in [3.8, 4) is 11.5 Å². The molecule has 1 unspecified atom stereocenters. The Kier molecular flexibility index (Phi) is 6.52. The van der Waals surface area contributed by atoms with E-state index in [1.54, 1.807) is 25.3 Å². The molecule has 2 aromatic carbocycles. The molecule has 2 rings (SSSR count). The summed E-state index contributed by atoms with van der Waals surface area (Å²) in [7, 11) is 1.54. The third-order valence-electron chi connectivity index (χ3n) is 3.50. The predicted molar refractivity (Wildman–Crippen MR) is 99.2 cm³/mol. The summed E-state index contributed by atoms with van der Waals surface area (Å²) in [5.74, 6) is 0.863. The quantitative estimate of drug-likeness (QED) is 0.726. The van der Waals surface area contributed by atoms with Crippen molar-refractivity contribution in [1.29, 1.82) is 0 Å². The van der Waals surface area contributed by atoms with Crippen LogP contribution in [0.2, 0.25) is 5.02 Å². The number of benzene rings is 2. The first-order valence-electron chi connectivity index (χ1n) is 7.53. The number of methoxy groups -OCH3 is 1. The molecule has 24 heavy (non-hydrogen) atoms. The van der Waals surface area contributed by atoms with Crippen molar-refractivity contribution in [2.24, 2.45) is 0 Å². The average Bonchev–Trinajstić information content (AvgIpc) is 2.56. The van der Waals surface area contributed by atoms with Crippen molar-refractivity contribution in [3.05, 3.63) is 57.0 Å². The standard InChI is InChI=1S/C18H19BrClNO3/c1-4-24-17-14(19)9-12(10-16(17)23-3)18(22)21-11(2)13-7-5-6-8-15(13)20/h5-11H,4H2,1-3H3,(H,21,22). The highest BCUT2D eigenvalue weighted by molar-refractivity contribution is 9.10. The Morgan fingerprint density at radius 1 is 1.33 bits per heavy atom. The molecule has 0 heterocycles. The largest absolute Gasteiger partial charge is 0.493 e. The number of amides is 1. The van der Waals surface area contributed by atoms with Gasteiger partial charge in [0.15, 0.2) is 11.5 Å². The highest BCUT2D eigenvalue weighted by Gasteiger charge is 2.18. The molecule has 0 saturated carbocycles. The van der Waals surface area contributed by atoms with Gasteiger partial charge in [0.25, 0.3) is 5.91 Å². The van der Waals surface area contributed by atoms with Crippen LogP contribution >= 0.6 is 27.5 Å². The number of hydrogen-bond donors (Lipinski definition) is 1. The van der Waals surface area contributed by atoms with Gasteiger partial charge in [-0.3, -0.25) is 4.79 Å². The van der Waals surface area contributed by atoms with Crippen LogP contribution in [0.15, 0.2) is 40.9 Å². The Balaban J connectivity index is 2.24. The van der Waals surface area contributed by atoms with Crippen LogP contribution < -0.4 is 14.8 Å². The SMILES string of the molecule is CCOc1c(Br)cc(C(=O)NC(C)c2ccccc2Cl)cc1OC. The highest BCUT2D eigenvalue weighted by atomic mass is 79.9. The molecule has 0 aliphatic heterocycles. The number of carbonyl (C=O) groups is 1. The van der Waals surface area contributed by atoms with Gasteiger partial charge in [-0.1, -0.05) is 29.8 Å². The molecule has 128 valence electrons. The number of halogens is 2. The van der Waals surface area contributed by atoms with E-state index >= 15 is 0 Å². The number of ether oxygens (including phenoxy) is 2. The fourth-order valence-corrected chi connectivity index (χ4v) is 3.18. The second kappa shape index (κ2) is 8.40. The van der Waals surface area contributed by atoms with Gasteiger partial charge in [-0.15, -0.1) is 0 Å². The molecule has 0 saturated heterocycles. The lowest BCUT2D eigenvalue weighted by Crippen LogP contribution is -2.26. The zero-order valence-electron chi connectivity index (χ0n) is 13.7. The van der Waals surface area contributed by atoms with Crippen LogP contribution in [-0.2, 0) is 0 Å². The minimum absolute atomic E-state index is 0.218. The molecule has 4 nitrogen and oxygen atoms in total. The second-order valence-electron chi connectivity index (χ2n) is 5.14. The van der Waals surface area contributed by atoms with Gasteiger partial charge in [-0.25, -0.2) is 0 Å². The lowest BCUT2D eigenvalue weighted by Gasteiger charge is -2.17. The topological polar surface area (TPSA) is 47.6 Å². The predicted octanol–water partition coefficient (Wildman–Crippen LogP) is 5.00. The lowest BCUT2D eigenvalue weighted by atomic mass is 10.1. The van der Waals surface area contributed by atoms with Gasteiger partial charge in [0.2, 0.25) is 0 Å². The van der Waals surface area contributed by atoms with Crippen LogP contribution in [0.3, 0.4) is 0 Å². The summed E-state index contributed by atoms with van der Waals surface area (Å²) in [6.07, 6.45) is 0. The summed E-state index contributed by atoms with van der Waals surface area (Å²) in [6, 6.07) is 10.6. The molecule has 0 aliphatic carbocycles. The third-order valence-corrected chi connectivity index (χ3v) is 4.43. The van der Waals surface area contributed by atoms with E-state index in [9.17, 15) is 4.79 Å². The van der Waals surface area contributed by atoms with E-state index in [-0.39, 0.29) is 11.9 Å². The van der Waals surface area contributed by atoms with Crippen molar-refractivity contribution in [3.63, 3.8) is 0 Å². The molecule has 1 N–H and O–H groups in total. The van der Waals surface area contributed by atoms with E-state index in [0.717, 1.165) is 5.56 Å². The summed E-state index contributed by atoms with van der Waals surface area (Å²) in [5.41, 5.74) is 1.34. The van der Waals surface area contributed by atoms with Gasteiger partial charge in [-0.05, 0) is 53.5 Å². The Bertz CT molecular complexity index is 736. The lowest BCUT2D eigenvalue weighted by molar-refractivity contribution is 0.0939. The third kappa shape index (κ3) is 4.22. The maximum absolute atomic E-state index is 12.6. The van der Waals surface area contributed by atoms with E-state index in [2.05, 4.69) is 21.2 Å². The number of hydrogen-bond acceptors (Lipinski definition) is 3. The van der Waals surface area contributed by atoms with Gasteiger partial charge in [-0.2, -0.15) is 0 Å². The van der Waals surface area contributed by atoms with E-state index in [0.29, 0.717) is 33.2 Å². The van der Waals surface area contributed by atoms with Crippen molar-refractivity contribution in [2.45, 2.75) is 19.9 Å². The first-order valence-corrected chi connectivity index (χ1v) is 8.70. The minimum atomic E-state index is -0.220. The van der Waals surface area contributed by atoms with Crippen molar-refractivity contribution in [2.75, 3.05) is 13.7 Å². The molecule has 1 atom stereocenters. The highest BCUT2D eigenvalue weighted by Crippen LogP contribution is 2.36. The maximum Gasteiger partial charge on any atom is 0.251 e. The second-order valence-corrected chi connectivity index (χ2v) is 6.40. The summed E-state index contributed by atoms with van der Waals surface area (Å²) >= 11 is 9.61. The summed E-state index contributed by atoms with van der Waals surface area (Å²) in [6.45, 7) is 4.28. The first-order chi connectivity index (χ1) is 11.5. The molecule has 0 radical (unpaired) electrons. The normalized spacial score (nSPS) is 11.7. The maximum atomic E-state index is 12.6. The molecule has 0 aliphatic rings. The van der Waals surface area contributed by atoms with Crippen molar-refractivity contribution < 1.29 is 14.3 Å². The Hall–Kier alpha value is -1.72. The summed E-state index contributed by atoms with van der Waals surface area (Å²) in [4.78, 5) is 12.6. The van der Waals surface area contributed by atoms with Gasteiger partial charge in [0.05, 0.1) is 24.2 Å². The molecular weight excluding hydrogens is 394 g/mol. The molecule has 2 aromatic rings. The van der Waals surface area contributed by atoms with E-state index < -0.39 is 0 Å². The van der Waals surface area contributed by atoms with Gasteiger partial charge < -0.3 is 14.8 Å². The smallest absolute Gasteiger partial charge is 0.251 e. The summed E-state index contributed by atoms with van der Waals surface area (Å²) in [5, 5.41) is 3.56. The van der Waals surface area contributed by atoms with Crippen molar-refractivity contribution >= 4 is 33.4 Å². The van der Waals surface area contributed by atoms with Crippen LogP contribution in [0.25, 0.3) is 0 Å². The van der Waals surface area contributed by atoms with Crippen LogP contribution in [0.1, 0.15) is 35.8 Å². The first kappa shape index (κ1) is 18.6. The Labute approximate surface area is 155 Å². The molecule has 6 heteroatoms. The average molecular weight is 413 g/mol. The monoisotopic (exact) mass is 411 g/mol. The van der Waals surface area contributed by atoms with E-state index in [1.165, 1.54) is 0 Å². The van der Waals surface area contributed by atoms with Crippen LogP contribution in [-0.4, -0.2) is 19.6 Å². The molecular formula is C18H19BrClNO3. The number of nitrogens with one attached hydrogen (secondary N) is 1. The van der Waals surface area contributed by atoms with Crippen molar-refractivity contribution in [1.82, 2.24) is 5.32 Å². The molecule has 1 amide bonds. The zero-order valence-corrected chi connectivity index (χ0v) is 16.1. The van der Waals surface area contributed by atoms with Crippen LogP contribution in [0, 0.1) is 0 Å².